The van der Waals surface area contributed by atoms with Gasteiger partial charge in [0.15, 0.2) is 0 Å². The van der Waals surface area contributed by atoms with Crippen LogP contribution in [-0.2, 0) is 15.8 Å². The van der Waals surface area contributed by atoms with Gasteiger partial charge in [0.05, 0.1) is 17.3 Å². The van der Waals surface area contributed by atoms with E-state index in [-0.39, 0.29) is 35.7 Å². The summed E-state index contributed by atoms with van der Waals surface area (Å²) in [5.74, 6) is 0.689. The van der Waals surface area contributed by atoms with E-state index in [0.29, 0.717) is 39.1 Å². The molecular formula is C29H36BrF3N4O2. The lowest BCUT2D eigenvalue weighted by molar-refractivity contribution is -0.139. The predicted octanol–water partition coefficient (Wildman–Crippen LogP) is 5.77. The molecule has 1 aromatic heterocycles. The third kappa shape index (κ3) is 7.20. The maximum absolute atomic E-state index is 13.5. The number of halogens is 4. The Morgan fingerprint density at radius 3 is 2.23 bits per heavy atom. The maximum Gasteiger partial charge on any atom is 0.416 e. The summed E-state index contributed by atoms with van der Waals surface area (Å²) in [5.41, 5.74) is 0.799. The lowest BCUT2D eigenvalue weighted by Crippen LogP contribution is -2.58. The van der Waals surface area contributed by atoms with Gasteiger partial charge in [0.25, 0.3) is 0 Å². The van der Waals surface area contributed by atoms with Crippen LogP contribution in [0.25, 0.3) is 0 Å². The maximum atomic E-state index is 13.5. The summed E-state index contributed by atoms with van der Waals surface area (Å²) in [4.78, 5) is 35.8. The number of benzene rings is 1. The standard InChI is InChI=1S/C29H36BrF3N4O2/c1-19(2)26-18-36(14-15-37(26)27(39)16-21-10-12-35(13-11-21)20(3)38)28(25-9-8-24(30)17-34-25)22-4-6-23(7-5-22)29(31,32)33/h4-9,17,19,21,26,28H,10-16,18H2,1-3H3/t26-,28?/m1/s1. The molecule has 1 unspecified atom stereocenters. The molecule has 0 radical (unpaired) electrons. The van der Waals surface area contributed by atoms with Crippen molar-refractivity contribution in [1.29, 1.82) is 0 Å². The molecule has 1 aromatic carbocycles. The van der Waals surface area contributed by atoms with Gasteiger partial charge in [-0.05, 0) is 70.4 Å². The van der Waals surface area contributed by atoms with Gasteiger partial charge in [-0.15, -0.1) is 0 Å². The highest BCUT2D eigenvalue weighted by atomic mass is 79.9. The number of carbonyl (C=O) groups excluding carboxylic acids is 2. The molecule has 0 spiro atoms. The average Bonchev–Trinajstić information content (AvgIpc) is 2.90. The van der Waals surface area contributed by atoms with Crippen LogP contribution < -0.4 is 0 Å². The summed E-state index contributed by atoms with van der Waals surface area (Å²) in [6, 6.07) is 8.72. The van der Waals surface area contributed by atoms with E-state index in [9.17, 15) is 22.8 Å². The number of piperidine rings is 1. The van der Waals surface area contributed by atoms with Crippen molar-refractivity contribution in [3.05, 3.63) is 63.9 Å². The molecule has 4 rings (SSSR count). The fourth-order valence-corrected chi connectivity index (χ4v) is 5.97. The van der Waals surface area contributed by atoms with Crippen LogP contribution >= 0.6 is 15.9 Å². The minimum atomic E-state index is -4.40. The molecule has 2 atom stereocenters. The van der Waals surface area contributed by atoms with Crippen molar-refractivity contribution in [1.82, 2.24) is 19.7 Å². The van der Waals surface area contributed by atoms with E-state index < -0.39 is 11.7 Å². The number of likely N-dealkylation sites (tertiary alicyclic amines) is 1. The molecule has 6 nitrogen and oxygen atoms in total. The van der Waals surface area contributed by atoms with Crippen LogP contribution in [0.4, 0.5) is 13.2 Å². The minimum Gasteiger partial charge on any atom is -0.343 e. The van der Waals surface area contributed by atoms with Gasteiger partial charge in [0.2, 0.25) is 11.8 Å². The van der Waals surface area contributed by atoms with Crippen LogP contribution in [0.3, 0.4) is 0 Å². The molecule has 0 saturated carbocycles. The highest BCUT2D eigenvalue weighted by Crippen LogP contribution is 2.35. The van der Waals surface area contributed by atoms with Gasteiger partial charge in [-0.25, -0.2) is 0 Å². The van der Waals surface area contributed by atoms with Crippen molar-refractivity contribution in [2.45, 2.75) is 58.3 Å². The van der Waals surface area contributed by atoms with Crippen molar-refractivity contribution in [3.8, 4) is 0 Å². The molecule has 2 fully saturated rings. The summed E-state index contributed by atoms with van der Waals surface area (Å²) in [7, 11) is 0. The van der Waals surface area contributed by atoms with Gasteiger partial charge in [-0.2, -0.15) is 13.2 Å². The van der Waals surface area contributed by atoms with Crippen LogP contribution in [0, 0.1) is 11.8 Å². The second-order valence-corrected chi connectivity index (χ2v) is 11.9. The van der Waals surface area contributed by atoms with Crippen molar-refractivity contribution in [2.24, 2.45) is 11.8 Å². The van der Waals surface area contributed by atoms with Gasteiger partial charge < -0.3 is 9.80 Å². The normalized spacial score (nSPS) is 20.4. The van der Waals surface area contributed by atoms with Crippen LogP contribution in [-0.4, -0.2) is 70.3 Å². The zero-order valence-electron chi connectivity index (χ0n) is 22.6. The Labute approximate surface area is 236 Å². The number of aromatic nitrogens is 1. The van der Waals surface area contributed by atoms with Crippen LogP contribution in [0.2, 0.25) is 0 Å². The Morgan fingerprint density at radius 1 is 1.03 bits per heavy atom. The third-order valence-corrected chi connectivity index (χ3v) is 8.48. The van der Waals surface area contributed by atoms with E-state index in [4.69, 9.17) is 0 Å². The molecule has 0 N–H and O–H groups in total. The summed E-state index contributed by atoms with van der Waals surface area (Å²) in [6.07, 6.45) is -0.553. The number of piperazine rings is 1. The molecular weight excluding hydrogens is 573 g/mol. The molecule has 3 heterocycles. The summed E-state index contributed by atoms with van der Waals surface area (Å²) in [5, 5.41) is 0. The Hall–Kier alpha value is -2.46. The molecule has 2 aliphatic rings. The first-order valence-corrected chi connectivity index (χ1v) is 14.3. The Morgan fingerprint density at radius 2 is 1.69 bits per heavy atom. The number of alkyl halides is 3. The average molecular weight is 610 g/mol. The SMILES string of the molecule is CC(=O)N1CCC(CC(=O)N2CCN(C(c3ccc(C(F)(F)F)cc3)c3ccc(Br)cn3)C[C@@H]2C(C)C)CC1. The van der Waals surface area contributed by atoms with Crippen LogP contribution in [0.15, 0.2) is 47.1 Å². The molecule has 2 amide bonds. The highest BCUT2D eigenvalue weighted by Gasteiger charge is 2.38. The van der Waals surface area contributed by atoms with Crippen LogP contribution in [0.5, 0.6) is 0 Å². The highest BCUT2D eigenvalue weighted by molar-refractivity contribution is 9.10. The molecule has 212 valence electrons. The van der Waals surface area contributed by atoms with E-state index in [0.717, 1.165) is 40.7 Å². The van der Waals surface area contributed by atoms with E-state index in [2.05, 4.69) is 39.7 Å². The molecule has 0 bridgehead atoms. The van der Waals surface area contributed by atoms with Crippen molar-refractivity contribution in [3.63, 3.8) is 0 Å². The van der Waals surface area contributed by atoms with E-state index in [1.54, 1.807) is 13.1 Å². The molecule has 39 heavy (non-hydrogen) atoms. The summed E-state index contributed by atoms with van der Waals surface area (Å²) < 4.78 is 40.5. The number of pyridine rings is 1. The largest absolute Gasteiger partial charge is 0.416 e. The molecule has 10 heteroatoms. The van der Waals surface area contributed by atoms with Gasteiger partial charge in [-0.1, -0.05) is 26.0 Å². The zero-order valence-corrected chi connectivity index (χ0v) is 24.2. The van der Waals surface area contributed by atoms with Crippen molar-refractivity contribution < 1.29 is 22.8 Å². The number of rotatable bonds is 6. The second kappa shape index (κ2) is 12.4. The monoisotopic (exact) mass is 608 g/mol. The van der Waals surface area contributed by atoms with Crippen LogP contribution in [0.1, 0.15) is 62.9 Å². The fraction of sp³-hybridized carbons (Fsp3) is 0.552. The summed E-state index contributed by atoms with van der Waals surface area (Å²) in [6.45, 7) is 8.90. The molecule has 2 aromatic rings. The minimum absolute atomic E-state index is 0.0315. The summed E-state index contributed by atoms with van der Waals surface area (Å²) >= 11 is 3.42. The van der Waals surface area contributed by atoms with Crippen molar-refractivity contribution >= 4 is 27.7 Å². The fourth-order valence-electron chi connectivity index (χ4n) is 5.74. The molecule has 0 aliphatic carbocycles. The smallest absolute Gasteiger partial charge is 0.343 e. The van der Waals surface area contributed by atoms with Crippen molar-refractivity contribution in [2.75, 3.05) is 32.7 Å². The quantitative estimate of drug-likeness (QED) is 0.418. The van der Waals surface area contributed by atoms with Gasteiger partial charge in [-0.3, -0.25) is 19.5 Å². The second-order valence-electron chi connectivity index (χ2n) is 11.0. The first-order valence-electron chi connectivity index (χ1n) is 13.5. The lowest BCUT2D eigenvalue weighted by atomic mass is 9.91. The molecule has 2 aliphatic heterocycles. The Kier molecular flexibility index (Phi) is 9.37. The van der Waals surface area contributed by atoms with E-state index in [1.807, 2.05) is 21.9 Å². The number of amides is 2. The predicted molar refractivity (Wildman–Crippen MR) is 147 cm³/mol. The van der Waals surface area contributed by atoms with Gasteiger partial charge >= 0.3 is 6.18 Å². The number of hydrogen-bond acceptors (Lipinski definition) is 4. The number of hydrogen-bond donors (Lipinski definition) is 0. The van der Waals surface area contributed by atoms with E-state index in [1.165, 1.54) is 12.1 Å². The number of nitrogens with zero attached hydrogens (tertiary/aromatic N) is 4. The first kappa shape index (κ1) is 29.5. The molecule has 2 saturated heterocycles. The van der Waals surface area contributed by atoms with E-state index >= 15 is 0 Å². The van der Waals surface area contributed by atoms with Gasteiger partial charge in [0, 0.05) is 62.8 Å². The Bertz CT molecular complexity index is 1130. The zero-order chi connectivity index (χ0) is 28.3. The Balaban J connectivity index is 1.52. The van der Waals surface area contributed by atoms with Gasteiger partial charge in [0.1, 0.15) is 0 Å². The lowest BCUT2D eigenvalue weighted by Gasteiger charge is -2.46. The third-order valence-electron chi connectivity index (χ3n) is 8.01. The topological polar surface area (TPSA) is 56.8 Å². The first-order chi connectivity index (χ1) is 18.4. The number of carbonyl (C=O) groups is 2.